The zero-order chi connectivity index (χ0) is 39.8. The SMILES string of the molecule is COc1ccc2cc1Oc1ccc(cc1)CC1c3cc(c(OC)cc3CCN1C)Oc1c(OC)c(OC)cc3c1C(C2)N(C)CC3.Cl.ClCCN(CCCl)CCCl. The fourth-order valence-corrected chi connectivity index (χ4v) is 8.69. The minimum atomic E-state index is 0. The van der Waals surface area contributed by atoms with Gasteiger partial charge in [-0.15, -0.1) is 47.2 Å². The average molecular weight is 864 g/mol. The summed E-state index contributed by atoms with van der Waals surface area (Å²) < 4.78 is 37.1. The van der Waals surface area contributed by atoms with E-state index in [4.69, 9.17) is 63.2 Å². The maximum atomic E-state index is 7.03. The first-order valence-electron chi connectivity index (χ1n) is 19.2. The summed E-state index contributed by atoms with van der Waals surface area (Å²) >= 11 is 16.6. The van der Waals surface area contributed by atoms with E-state index in [-0.39, 0.29) is 24.5 Å². The third-order valence-corrected chi connectivity index (χ3v) is 11.6. The van der Waals surface area contributed by atoms with Gasteiger partial charge in [0.15, 0.2) is 34.5 Å². The van der Waals surface area contributed by atoms with Crippen molar-refractivity contribution in [2.45, 2.75) is 37.8 Å². The highest BCUT2D eigenvalue weighted by Gasteiger charge is 2.34. The lowest BCUT2D eigenvalue weighted by Crippen LogP contribution is -2.34. The number of fused-ring (bicyclic) bond motifs is 2. The van der Waals surface area contributed by atoms with E-state index in [0.29, 0.717) is 57.9 Å². The van der Waals surface area contributed by atoms with Crippen LogP contribution in [-0.2, 0) is 25.7 Å². The number of benzene rings is 4. The molecule has 4 aromatic carbocycles. The van der Waals surface area contributed by atoms with Crippen molar-refractivity contribution >= 4 is 47.2 Å². The number of likely N-dealkylation sites (N-methyl/N-ethyl adjacent to an activating group) is 2. The number of halogens is 4. The number of hydrogen-bond acceptors (Lipinski definition) is 9. The fraction of sp³-hybridized carbons (Fsp3) is 0.455. The van der Waals surface area contributed by atoms with Gasteiger partial charge in [0.1, 0.15) is 5.75 Å². The Balaban J connectivity index is 0.000000500. The Morgan fingerprint density at radius 1 is 0.632 bits per heavy atom. The van der Waals surface area contributed by atoms with Gasteiger partial charge >= 0.3 is 0 Å². The Labute approximate surface area is 359 Å². The van der Waals surface area contributed by atoms with Gasteiger partial charge in [0, 0.05) is 68.0 Å². The van der Waals surface area contributed by atoms with Crippen LogP contribution in [0.15, 0.2) is 60.7 Å². The van der Waals surface area contributed by atoms with Gasteiger partial charge in [-0.05, 0) is 110 Å². The van der Waals surface area contributed by atoms with Crippen LogP contribution < -0.4 is 28.4 Å². The maximum absolute atomic E-state index is 7.03. The monoisotopic (exact) mass is 861 g/mol. The summed E-state index contributed by atoms with van der Waals surface area (Å²) in [5.41, 5.74) is 7.15. The van der Waals surface area contributed by atoms with Gasteiger partial charge in [0.2, 0.25) is 5.75 Å². The molecule has 6 bridgehead atoms. The second kappa shape index (κ2) is 21.1. The molecule has 9 nitrogen and oxygen atoms in total. The molecule has 0 N–H and O–H groups in total. The average Bonchev–Trinajstić information content (AvgIpc) is 3.20. The Morgan fingerprint density at radius 3 is 1.81 bits per heavy atom. The lowest BCUT2D eigenvalue weighted by molar-refractivity contribution is 0.220. The molecule has 0 fully saturated rings. The lowest BCUT2D eigenvalue weighted by Gasteiger charge is -2.37. The molecular weight excluding hydrogens is 808 g/mol. The molecule has 0 aromatic heterocycles. The second-order valence-corrected chi connectivity index (χ2v) is 15.5. The minimum absolute atomic E-state index is 0. The predicted octanol–water partition coefficient (Wildman–Crippen LogP) is 9.59. The topological polar surface area (TPSA) is 65.1 Å². The van der Waals surface area contributed by atoms with E-state index in [2.05, 4.69) is 71.3 Å². The molecule has 4 aliphatic heterocycles. The van der Waals surface area contributed by atoms with Crippen LogP contribution in [0.2, 0.25) is 0 Å². The number of alkyl halides is 3. The van der Waals surface area contributed by atoms with Gasteiger partial charge in [-0.1, -0.05) is 18.2 Å². The molecule has 4 aromatic rings. The normalized spacial score (nSPS) is 17.4. The molecule has 0 saturated carbocycles. The lowest BCUT2D eigenvalue weighted by atomic mass is 9.87. The molecule has 0 spiro atoms. The first-order valence-corrected chi connectivity index (χ1v) is 20.8. The summed E-state index contributed by atoms with van der Waals surface area (Å²) in [6.07, 6.45) is 3.37. The summed E-state index contributed by atoms with van der Waals surface area (Å²) in [5, 5.41) is 0. The summed E-state index contributed by atoms with van der Waals surface area (Å²) in [6.45, 7) is 4.49. The molecule has 2 unspecified atom stereocenters. The fourth-order valence-electron chi connectivity index (χ4n) is 7.97. The van der Waals surface area contributed by atoms with Crippen LogP contribution >= 0.6 is 47.2 Å². The summed E-state index contributed by atoms with van der Waals surface area (Å²) in [4.78, 5) is 6.96. The van der Waals surface area contributed by atoms with Crippen molar-refractivity contribution in [1.82, 2.24) is 14.7 Å². The molecule has 4 aliphatic rings. The zero-order valence-electron chi connectivity index (χ0n) is 33.7. The van der Waals surface area contributed by atoms with Crippen LogP contribution in [0.5, 0.6) is 46.0 Å². The van der Waals surface area contributed by atoms with E-state index in [9.17, 15) is 0 Å². The first-order chi connectivity index (χ1) is 27.2. The minimum Gasteiger partial charge on any atom is -0.493 e. The van der Waals surface area contributed by atoms with Crippen molar-refractivity contribution in [3.8, 4) is 46.0 Å². The Morgan fingerprint density at radius 2 is 1.19 bits per heavy atom. The third-order valence-electron chi connectivity index (χ3n) is 11.1. The van der Waals surface area contributed by atoms with Crippen LogP contribution in [0.3, 0.4) is 0 Å². The molecular formula is C44H55Cl4N3O6. The van der Waals surface area contributed by atoms with Crippen LogP contribution in [-0.4, -0.2) is 108 Å². The summed E-state index contributed by atoms with van der Waals surface area (Å²) in [5.74, 6) is 7.35. The van der Waals surface area contributed by atoms with E-state index in [1.807, 2.05) is 18.2 Å². The van der Waals surface area contributed by atoms with Crippen molar-refractivity contribution in [3.05, 3.63) is 94.0 Å². The van der Waals surface area contributed by atoms with Gasteiger partial charge in [-0.25, -0.2) is 0 Å². The van der Waals surface area contributed by atoms with Gasteiger partial charge in [0.05, 0.1) is 28.4 Å². The first kappa shape index (κ1) is 44.8. The summed E-state index contributed by atoms with van der Waals surface area (Å²) in [6, 6.07) is 21.2. The number of rotatable bonds is 10. The molecule has 57 heavy (non-hydrogen) atoms. The standard InChI is InChI=1S/C38H42N2O6.C6H12Cl3N.ClH/c1-39-15-13-25-20-32(42-4)34-22-28(25)29(39)17-23-7-10-27(11-8-23)45-33-19-24(9-12-31(33)41-3)18-30-36-26(14-16-40(30)2)21-35(43-5)37(44-6)38(36)46-34;7-1-4-10(5-2-8)6-3-9;/h7-12,19-22,29-30H,13-18H2,1-6H3;1-6H2;1H. The van der Waals surface area contributed by atoms with Crippen molar-refractivity contribution in [3.63, 3.8) is 0 Å². The highest BCUT2D eigenvalue weighted by molar-refractivity contribution is 6.18. The largest absolute Gasteiger partial charge is 0.493 e. The third kappa shape index (κ3) is 10.3. The van der Waals surface area contributed by atoms with E-state index in [1.165, 1.54) is 22.3 Å². The van der Waals surface area contributed by atoms with Gasteiger partial charge in [-0.2, -0.15) is 0 Å². The molecule has 8 rings (SSSR count). The van der Waals surface area contributed by atoms with E-state index >= 15 is 0 Å². The maximum Gasteiger partial charge on any atom is 0.204 e. The van der Waals surface area contributed by atoms with Gasteiger partial charge in [-0.3, -0.25) is 14.7 Å². The molecule has 2 atom stereocenters. The quantitative estimate of drug-likeness (QED) is 0.145. The van der Waals surface area contributed by atoms with Crippen LogP contribution in [0, 0.1) is 0 Å². The van der Waals surface area contributed by atoms with E-state index in [0.717, 1.165) is 75.3 Å². The second-order valence-electron chi connectivity index (χ2n) is 14.4. The molecule has 310 valence electrons. The van der Waals surface area contributed by atoms with E-state index < -0.39 is 0 Å². The molecule has 13 heteroatoms. The van der Waals surface area contributed by atoms with Crippen molar-refractivity contribution in [2.24, 2.45) is 0 Å². The number of ether oxygens (including phenoxy) is 6. The van der Waals surface area contributed by atoms with Crippen molar-refractivity contribution in [1.29, 1.82) is 0 Å². The number of hydrogen-bond donors (Lipinski definition) is 0. The van der Waals surface area contributed by atoms with Crippen LogP contribution in [0.4, 0.5) is 0 Å². The molecule has 0 radical (unpaired) electrons. The highest BCUT2D eigenvalue weighted by atomic mass is 35.5. The Hall–Kier alpha value is -3.28. The van der Waals surface area contributed by atoms with Crippen LogP contribution in [0.25, 0.3) is 0 Å². The van der Waals surface area contributed by atoms with Crippen molar-refractivity contribution < 1.29 is 28.4 Å². The van der Waals surface area contributed by atoms with E-state index in [1.54, 1.807) is 28.4 Å². The summed E-state index contributed by atoms with van der Waals surface area (Å²) in [7, 11) is 11.1. The predicted molar refractivity (Wildman–Crippen MR) is 234 cm³/mol. The number of nitrogens with zero attached hydrogens (tertiary/aromatic N) is 3. The molecule has 4 heterocycles. The highest BCUT2D eigenvalue weighted by Crippen LogP contribution is 2.52. The Bertz CT molecular complexity index is 1920. The molecule has 0 aliphatic carbocycles. The Kier molecular flexibility index (Phi) is 16.6. The van der Waals surface area contributed by atoms with Crippen LogP contribution in [0.1, 0.15) is 45.5 Å². The smallest absolute Gasteiger partial charge is 0.204 e. The number of methoxy groups -OCH3 is 4. The van der Waals surface area contributed by atoms with Gasteiger partial charge < -0.3 is 28.4 Å². The molecule has 0 saturated heterocycles. The zero-order valence-corrected chi connectivity index (χ0v) is 36.8. The van der Waals surface area contributed by atoms with Crippen molar-refractivity contribution in [2.75, 3.05) is 92.9 Å². The molecule has 0 amide bonds. The van der Waals surface area contributed by atoms with Gasteiger partial charge in [0.25, 0.3) is 0 Å².